The van der Waals surface area contributed by atoms with Gasteiger partial charge in [-0.3, -0.25) is 4.98 Å². The second-order valence-corrected chi connectivity index (χ2v) is 3.62. The number of pyridine rings is 1. The van der Waals surface area contributed by atoms with Gasteiger partial charge < -0.3 is 10.8 Å². The van der Waals surface area contributed by atoms with E-state index in [1.807, 2.05) is 0 Å². The number of terminal acetylenes is 1. The number of nitrogen functional groups attached to an aromatic ring is 1. The number of benzene rings is 1. The van der Waals surface area contributed by atoms with E-state index >= 15 is 0 Å². The van der Waals surface area contributed by atoms with Crippen molar-refractivity contribution in [3.05, 3.63) is 47.7 Å². The van der Waals surface area contributed by atoms with Crippen molar-refractivity contribution in [3.8, 4) is 23.6 Å². The number of hydrogen-bond acceptors (Lipinski definition) is 3. The summed E-state index contributed by atoms with van der Waals surface area (Å²) in [5, 5.41) is 9.25. The molecule has 0 fully saturated rings. The minimum Gasteiger partial charge on any atom is -0.478 e. The van der Waals surface area contributed by atoms with E-state index in [1.54, 1.807) is 24.3 Å². The molecule has 0 unspecified atom stereocenters. The van der Waals surface area contributed by atoms with Crippen LogP contribution in [0, 0.1) is 12.3 Å². The Balaban J connectivity index is 2.77. The van der Waals surface area contributed by atoms with Gasteiger partial charge in [-0.1, -0.05) is 24.1 Å². The topological polar surface area (TPSA) is 76.2 Å². The number of para-hydroxylation sites is 1. The number of carbonyl (C=O) groups is 1. The maximum Gasteiger partial charge on any atom is 0.339 e. The molecular formula is C14H10N2O2. The third-order valence-electron chi connectivity index (χ3n) is 2.54. The standard InChI is InChI=1S/C14H10N2O2/c1-2-9-7-8-16-13(12(9)14(17)18)10-5-3-4-6-11(10)15/h1,3-8H,15H2,(H,17,18). The molecule has 18 heavy (non-hydrogen) atoms. The molecule has 0 atom stereocenters. The number of aromatic carboxylic acids is 1. The molecular weight excluding hydrogens is 228 g/mol. The minimum atomic E-state index is -1.12. The fourth-order valence-electron chi connectivity index (χ4n) is 1.72. The molecule has 0 aliphatic rings. The number of aromatic nitrogens is 1. The predicted molar refractivity (Wildman–Crippen MR) is 69.0 cm³/mol. The van der Waals surface area contributed by atoms with Gasteiger partial charge in [0.05, 0.1) is 5.69 Å². The molecule has 3 N–H and O–H groups in total. The Labute approximate surface area is 104 Å². The maximum atomic E-state index is 11.3. The normalized spacial score (nSPS) is 9.72. The van der Waals surface area contributed by atoms with Crippen LogP contribution in [0.15, 0.2) is 36.5 Å². The molecule has 88 valence electrons. The lowest BCUT2D eigenvalue weighted by Gasteiger charge is -2.09. The fourth-order valence-corrected chi connectivity index (χ4v) is 1.72. The average molecular weight is 238 g/mol. The van der Waals surface area contributed by atoms with Gasteiger partial charge in [0.2, 0.25) is 0 Å². The van der Waals surface area contributed by atoms with Crippen molar-refractivity contribution >= 4 is 11.7 Å². The minimum absolute atomic E-state index is 0.00194. The summed E-state index contributed by atoms with van der Waals surface area (Å²) in [6.07, 6.45) is 6.78. The van der Waals surface area contributed by atoms with Crippen LogP contribution in [-0.4, -0.2) is 16.1 Å². The summed E-state index contributed by atoms with van der Waals surface area (Å²) >= 11 is 0. The number of hydrogen-bond donors (Lipinski definition) is 2. The number of anilines is 1. The van der Waals surface area contributed by atoms with Crippen molar-refractivity contribution in [1.29, 1.82) is 0 Å². The molecule has 0 saturated carbocycles. The molecule has 0 aliphatic heterocycles. The van der Waals surface area contributed by atoms with E-state index in [0.717, 1.165) is 0 Å². The van der Waals surface area contributed by atoms with Gasteiger partial charge in [0.25, 0.3) is 0 Å². The van der Waals surface area contributed by atoms with Crippen LogP contribution in [0.5, 0.6) is 0 Å². The van der Waals surface area contributed by atoms with Gasteiger partial charge in [-0.15, -0.1) is 6.42 Å². The van der Waals surface area contributed by atoms with Crippen LogP contribution in [-0.2, 0) is 0 Å². The van der Waals surface area contributed by atoms with Crippen LogP contribution in [0.1, 0.15) is 15.9 Å². The lowest BCUT2D eigenvalue weighted by molar-refractivity contribution is 0.0697. The summed E-state index contributed by atoms with van der Waals surface area (Å²) in [5.74, 6) is 1.23. The molecule has 4 nitrogen and oxygen atoms in total. The first-order valence-electron chi connectivity index (χ1n) is 5.19. The Morgan fingerprint density at radius 1 is 1.33 bits per heavy atom. The van der Waals surface area contributed by atoms with Crippen LogP contribution in [0.2, 0.25) is 0 Å². The van der Waals surface area contributed by atoms with E-state index < -0.39 is 5.97 Å². The molecule has 1 aromatic heterocycles. The van der Waals surface area contributed by atoms with Crippen molar-refractivity contribution in [2.75, 3.05) is 5.73 Å². The van der Waals surface area contributed by atoms with Crippen LogP contribution in [0.25, 0.3) is 11.3 Å². The van der Waals surface area contributed by atoms with E-state index in [2.05, 4.69) is 10.9 Å². The first kappa shape index (κ1) is 11.7. The number of carboxylic acids is 1. The molecule has 4 heteroatoms. The van der Waals surface area contributed by atoms with Gasteiger partial charge in [-0.25, -0.2) is 4.79 Å². The molecule has 0 amide bonds. The highest BCUT2D eigenvalue weighted by atomic mass is 16.4. The molecule has 0 aliphatic carbocycles. The van der Waals surface area contributed by atoms with E-state index in [4.69, 9.17) is 12.2 Å². The molecule has 1 aromatic carbocycles. The molecule has 2 rings (SSSR count). The predicted octanol–water partition coefficient (Wildman–Crippen LogP) is 2.01. The van der Waals surface area contributed by atoms with Crippen molar-refractivity contribution < 1.29 is 9.90 Å². The SMILES string of the molecule is C#Cc1ccnc(-c2ccccc2N)c1C(=O)O. The lowest BCUT2D eigenvalue weighted by atomic mass is 10.0. The second kappa shape index (κ2) is 4.60. The largest absolute Gasteiger partial charge is 0.478 e. The van der Waals surface area contributed by atoms with Crippen molar-refractivity contribution in [2.24, 2.45) is 0 Å². The van der Waals surface area contributed by atoms with Gasteiger partial charge in [0, 0.05) is 23.0 Å². The zero-order chi connectivity index (χ0) is 13.1. The summed E-state index contributed by atoms with van der Waals surface area (Å²) in [7, 11) is 0. The Morgan fingerprint density at radius 2 is 2.06 bits per heavy atom. The number of nitrogens with two attached hydrogens (primary N) is 1. The molecule has 0 saturated heterocycles. The Bertz CT molecular complexity index is 657. The first-order valence-corrected chi connectivity index (χ1v) is 5.19. The van der Waals surface area contributed by atoms with Crippen molar-refractivity contribution in [2.45, 2.75) is 0 Å². The Kier molecular flexibility index (Phi) is 2.98. The van der Waals surface area contributed by atoms with Gasteiger partial charge >= 0.3 is 5.97 Å². The summed E-state index contributed by atoms with van der Waals surface area (Å²) in [6, 6.07) is 8.42. The van der Waals surface area contributed by atoms with Gasteiger partial charge in [0.15, 0.2) is 0 Å². The van der Waals surface area contributed by atoms with Crippen LogP contribution >= 0.6 is 0 Å². The highest BCUT2D eigenvalue weighted by molar-refractivity contribution is 5.99. The molecule has 1 heterocycles. The van der Waals surface area contributed by atoms with Crippen molar-refractivity contribution in [3.63, 3.8) is 0 Å². The smallest absolute Gasteiger partial charge is 0.339 e. The molecule has 2 aromatic rings. The number of nitrogens with zero attached hydrogens (tertiary/aromatic N) is 1. The zero-order valence-corrected chi connectivity index (χ0v) is 9.42. The van der Waals surface area contributed by atoms with E-state index in [9.17, 15) is 9.90 Å². The summed E-state index contributed by atoms with van der Waals surface area (Å²) in [6.45, 7) is 0. The number of rotatable bonds is 2. The van der Waals surface area contributed by atoms with Crippen LogP contribution in [0.4, 0.5) is 5.69 Å². The van der Waals surface area contributed by atoms with Gasteiger partial charge in [-0.05, 0) is 12.1 Å². The van der Waals surface area contributed by atoms with E-state index in [1.165, 1.54) is 12.3 Å². The third-order valence-corrected chi connectivity index (χ3v) is 2.54. The third kappa shape index (κ3) is 1.89. The highest BCUT2D eigenvalue weighted by Crippen LogP contribution is 2.28. The lowest BCUT2D eigenvalue weighted by Crippen LogP contribution is -2.06. The van der Waals surface area contributed by atoms with E-state index in [-0.39, 0.29) is 16.8 Å². The van der Waals surface area contributed by atoms with Crippen LogP contribution in [0.3, 0.4) is 0 Å². The highest BCUT2D eigenvalue weighted by Gasteiger charge is 2.18. The fraction of sp³-hybridized carbons (Fsp3) is 0. The monoisotopic (exact) mass is 238 g/mol. The summed E-state index contributed by atoms with van der Waals surface area (Å²) in [5.41, 5.74) is 7.42. The number of carboxylic acid groups (broad SMARTS) is 1. The molecule has 0 bridgehead atoms. The average Bonchev–Trinajstić information content (AvgIpc) is 2.38. The quantitative estimate of drug-likeness (QED) is 0.619. The zero-order valence-electron chi connectivity index (χ0n) is 9.42. The summed E-state index contributed by atoms with van der Waals surface area (Å²) in [4.78, 5) is 15.4. The second-order valence-electron chi connectivity index (χ2n) is 3.62. The van der Waals surface area contributed by atoms with Gasteiger partial charge in [0.1, 0.15) is 5.56 Å². The first-order chi connectivity index (χ1) is 8.65. The summed E-state index contributed by atoms with van der Waals surface area (Å²) < 4.78 is 0. The van der Waals surface area contributed by atoms with Gasteiger partial charge in [-0.2, -0.15) is 0 Å². The van der Waals surface area contributed by atoms with Crippen molar-refractivity contribution in [1.82, 2.24) is 4.98 Å². The molecule has 0 spiro atoms. The van der Waals surface area contributed by atoms with Crippen LogP contribution < -0.4 is 5.73 Å². The Morgan fingerprint density at radius 3 is 2.67 bits per heavy atom. The maximum absolute atomic E-state index is 11.3. The van der Waals surface area contributed by atoms with E-state index in [0.29, 0.717) is 11.3 Å². The molecule has 0 radical (unpaired) electrons. The Hall–Kier alpha value is -2.80.